The van der Waals surface area contributed by atoms with Crippen molar-refractivity contribution in [1.29, 1.82) is 0 Å². The topological polar surface area (TPSA) is 70.1 Å². The number of anilines is 2. The number of aromatic nitrogens is 2. The molecule has 1 aromatic rings. The Kier molecular flexibility index (Phi) is 5.59. The average molecular weight is 278 g/mol. The summed E-state index contributed by atoms with van der Waals surface area (Å²) in [6, 6.07) is 0.102. The van der Waals surface area contributed by atoms with Gasteiger partial charge in [0.05, 0.1) is 12.1 Å². The third kappa shape index (κ3) is 4.07. The fraction of sp³-hybridized carbons (Fsp3) is 0.733. The molecule has 2 atom stereocenters. The lowest BCUT2D eigenvalue weighted by Gasteiger charge is -2.23. The molecular formula is C15H26N4O. The van der Waals surface area contributed by atoms with Crippen molar-refractivity contribution in [3.8, 4) is 0 Å². The molecule has 0 aromatic carbocycles. The number of aliphatic hydroxyl groups is 1. The van der Waals surface area contributed by atoms with Gasteiger partial charge in [0.2, 0.25) is 5.95 Å². The van der Waals surface area contributed by atoms with E-state index in [4.69, 9.17) is 0 Å². The minimum Gasteiger partial charge on any atom is -0.391 e. The van der Waals surface area contributed by atoms with Crippen molar-refractivity contribution in [2.45, 2.75) is 64.5 Å². The maximum atomic E-state index is 10.2. The second-order valence-corrected chi connectivity index (χ2v) is 5.61. The first-order valence-electron chi connectivity index (χ1n) is 7.73. The monoisotopic (exact) mass is 278 g/mol. The molecule has 0 spiro atoms. The highest BCUT2D eigenvalue weighted by Crippen LogP contribution is 2.22. The highest BCUT2D eigenvalue weighted by Gasteiger charge is 2.22. The SMILES string of the molecule is CCCNc1ncc(C)c(NC2CCCCCC2O)n1. The molecule has 1 aliphatic carbocycles. The van der Waals surface area contributed by atoms with Gasteiger partial charge in [-0.05, 0) is 26.2 Å². The first-order chi connectivity index (χ1) is 9.70. The van der Waals surface area contributed by atoms with Crippen LogP contribution >= 0.6 is 0 Å². The predicted octanol–water partition coefficient (Wildman–Crippen LogP) is 2.71. The molecule has 1 aromatic heterocycles. The van der Waals surface area contributed by atoms with E-state index < -0.39 is 0 Å². The zero-order valence-corrected chi connectivity index (χ0v) is 12.5. The van der Waals surface area contributed by atoms with Crippen LogP contribution in [0.15, 0.2) is 6.20 Å². The van der Waals surface area contributed by atoms with Gasteiger partial charge in [-0.25, -0.2) is 4.98 Å². The van der Waals surface area contributed by atoms with Gasteiger partial charge in [-0.3, -0.25) is 0 Å². The minimum absolute atomic E-state index is 0.102. The van der Waals surface area contributed by atoms with E-state index in [2.05, 4.69) is 27.5 Å². The third-order valence-corrected chi connectivity index (χ3v) is 3.81. The van der Waals surface area contributed by atoms with Crippen LogP contribution in [0.4, 0.5) is 11.8 Å². The summed E-state index contributed by atoms with van der Waals surface area (Å²) in [7, 11) is 0. The number of aryl methyl sites for hydroxylation is 1. The van der Waals surface area contributed by atoms with Crippen molar-refractivity contribution in [2.75, 3.05) is 17.2 Å². The van der Waals surface area contributed by atoms with Crippen LogP contribution in [0.1, 0.15) is 51.0 Å². The van der Waals surface area contributed by atoms with E-state index in [0.29, 0.717) is 5.95 Å². The number of hydrogen-bond acceptors (Lipinski definition) is 5. The molecule has 20 heavy (non-hydrogen) atoms. The van der Waals surface area contributed by atoms with Crippen LogP contribution in [0.25, 0.3) is 0 Å². The van der Waals surface area contributed by atoms with Crippen molar-refractivity contribution in [3.05, 3.63) is 11.8 Å². The third-order valence-electron chi connectivity index (χ3n) is 3.81. The first kappa shape index (κ1) is 15.0. The molecule has 0 radical (unpaired) electrons. The zero-order chi connectivity index (χ0) is 14.4. The van der Waals surface area contributed by atoms with E-state index in [1.807, 2.05) is 13.1 Å². The van der Waals surface area contributed by atoms with E-state index in [1.54, 1.807) is 0 Å². The largest absolute Gasteiger partial charge is 0.391 e. The molecule has 5 nitrogen and oxygen atoms in total. The lowest BCUT2D eigenvalue weighted by atomic mass is 10.1. The van der Waals surface area contributed by atoms with E-state index in [-0.39, 0.29) is 12.1 Å². The van der Waals surface area contributed by atoms with Gasteiger partial charge >= 0.3 is 0 Å². The summed E-state index contributed by atoms with van der Waals surface area (Å²) in [5.41, 5.74) is 1.02. The first-order valence-corrected chi connectivity index (χ1v) is 7.73. The summed E-state index contributed by atoms with van der Waals surface area (Å²) < 4.78 is 0. The Morgan fingerprint density at radius 2 is 2.10 bits per heavy atom. The highest BCUT2D eigenvalue weighted by atomic mass is 16.3. The fourth-order valence-electron chi connectivity index (χ4n) is 2.54. The molecule has 0 amide bonds. The van der Waals surface area contributed by atoms with Crippen molar-refractivity contribution in [3.63, 3.8) is 0 Å². The van der Waals surface area contributed by atoms with Crippen LogP contribution in [-0.2, 0) is 0 Å². The predicted molar refractivity (Wildman–Crippen MR) is 82.1 cm³/mol. The maximum absolute atomic E-state index is 10.2. The number of nitrogens with zero attached hydrogens (tertiary/aromatic N) is 2. The molecule has 0 bridgehead atoms. The maximum Gasteiger partial charge on any atom is 0.224 e. The molecule has 1 heterocycles. The fourth-order valence-corrected chi connectivity index (χ4v) is 2.54. The lowest BCUT2D eigenvalue weighted by Crippen LogP contribution is -2.33. The second kappa shape index (κ2) is 7.43. The van der Waals surface area contributed by atoms with Gasteiger partial charge in [0, 0.05) is 18.3 Å². The van der Waals surface area contributed by atoms with Gasteiger partial charge in [-0.2, -0.15) is 4.98 Å². The number of aliphatic hydroxyl groups excluding tert-OH is 1. The molecule has 1 fully saturated rings. The van der Waals surface area contributed by atoms with Gasteiger partial charge in [-0.15, -0.1) is 0 Å². The molecule has 1 saturated carbocycles. The molecule has 2 unspecified atom stereocenters. The Bertz CT molecular complexity index is 424. The summed E-state index contributed by atoms with van der Waals surface area (Å²) in [6.07, 6.45) is 7.97. The van der Waals surface area contributed by atoms with Crippen molar-refractivity contribution in [1.82, 2.24) is 9.97 Å². The van der Waals surface area contributed by atoms with Crippen LogP contribution in [0, 0.1) is 6.92 Å². The summed E-state index contributed by atoms with van der Waals surface area (Å²) >= 11 is 0. The average Bonchev–Trinajstić information content (AvgIpc) is 2.65. The Hall–Kier alpha value is -1.36. The van der Waals surface area contributed by atoms with Crippen molar-refractivity contribution in [2.24, 2.45) is 0 Å². The molecule has 1 aliphatic rings. The van der Waals surface area contributed by atoms with Gasteiger partial charge in [0.25, 0.3) is 0 Å². The molecule has 112 valence electrons. The molecule has 0 aliphatic heterocycles. The van der Waals surface area contributed by atoms with E-state index in [0.717, 1.165) is 43.6 Å². The van der Waals surface area contributed by atoms with E-state index in [9.17, 15) is 5.11 Å². The summed E-state index contributed by atoms with van der Waals surface area (Å²) in [5, 5.41) is 16.8. The molecule has 3 N–H and O–H groups in total. The van der Waals surface area contributed by atoms with Gasteiger partial charge < -0.3 is 15.7 Å². The molecule has 2 rings (SSSR count). The summed E-state index contributed by atoms with van der Waals surface area (Å²) in [5.74, 6) is 1.49. The smallest absolute Gasteiger partial charge is 0.224 e. The Labute approximate surface area is 121 Å². The molecular weight excluding hydrogens is 252 g/mol. The Morgan fingerprint density at radius 1 is 1.30 bits per heavy atom. The lowest BCUT2D eigenvalue weighted by molar-refractivity contribution is 0.144. The number of hydrogen-bond donors (Lipinski definition) is 3. The Morgan fingerprint density at radius 3 is 2.90 bits per heavy atom. The normalized spacial score (nSPS) is 23.1. The zero-order valence-electron chi connectivity index (χ0n) is 12.5. The summed E-state index contributed by atoms with van der Waals surface area (Å²) in [4.78, 5) is 8.81. The molecule has 0 saturated heterocycles. The van der Waals surface area contributed by atoms with Crippen LogP contribution in [-0.4, -0.2) is 33.8 Å². The highest BCUT2D eigenvalue weighted by molar-refractivity contribution is 5.47. The second-order valence-electron chi connectivity index (χ2n) is 5.61. The molecule has 5 heteroatoms. The summed E-state index contributed by atoms with van der Waals surface area (Å²) in [6.45, 7) is 4.98. The number of rotatable bonds is 5. The Balaban J connectivity index is 2.06. The van der Waals surface area contributed by atoms with E-state index in [1.165, 1.54) is 12.8 Å². The van der Waals surface area contributed by atoms with Crippen LogP contribution < -0.4 is 10.6 Å². The van der Waals surface area contributed by atoms with Gasteiger partial charge in [-0.1, -0.05) is 26.2 Å². The van der Waals surface area contributed by atoms with Crippen LogP contribution in [0.2, 0.25) is 0 Å². The van der Waals surface area contributed by atoms with Crippen LogP contribution in [0.5, 0.6) is 0 Å². The van der Waals surface area contributed by atoms with Crippen molar-refractivity contribution >= 4 is 11.8 Å². The quantitative estimate of drug-likeness (QED) is 0.722. The van der Waals surface area contributed by atoms with Crippen LogP contribution in [0.3, 0.4) is 0 Å². The number of nitrogens with one attached hydrogen (secondary N) is 2. The minimum atomic E-state index is -0.279. The standard InChI is InChI=1S/C15H26N4O/c1-3-9-16-15-17-10-11(2)14(19-15)18-12-7-5-4-6-8-13(12)20/h10,12-13,20H,3-9H2,1-2H3,(H2,16,17,18,19). The van der Waals surface area contributed by atoms with Crippen molar-refractivity contribution < 1.29 is 5.11 Å². The van der Waals surface area contributed by atoms with Gasteiger partial charge in [0.1, 0.15) is 5.82 Å². The van der Waals surface area contributed by atoms with Gasteiger partial charge in [0.15, 0.2) is 0 Å². The van der Waals surface area contributed by atoms with E-state index >= 15 is 0 Å².